The third-order valence-electron chi connectivity index (χ3n) is 6.21. The Morgan fingerprint density at radius 2 is 1.63 bits per heavy atom. The van der Waals surface area contributed by atoms with Gasteiger partial charge in [-0.15, -0.1) is 0 Å². The lowest BCUT2D eigenvalue weighted by Crippen LogP contribution is -2.51. The zero-order valence-corrected chi connectivity index (χ0v) is 25.2. The van der Waals surface area contributed by atoms with Crippen LogP contribution in [0.4, 0.5) is 10.1 Å². The van der Waals surface area contributed by atoms with Crippen LogP contribution in [0, 0.1) is 5.82 Å². The minimum absolute atomic E-state index is 0.0321. The summed E-state index contributed by atoms with van der Waals surface area (Å²) in [5.74, 6) is -1.28. The zero-order valence-electron chi connectivity index (χ0n) is 22.9. The number of likely N-dealkylation sites (N-methyl/N-ethyl adjacent to an activating group) is 1. The van der Waals surface area contributed by atoms with Crippen LogP contribution in [0.3, 0.4) is 0 Å². The van der Waals surface area contributed by atoms with Crippen LogP contribution in [-0.4, -0.2) is 58.5 Å². The summed E-state index contributed by atoms with van der Waals surface area (Å²) >= 11 is 12.4. The summed E-state index contributed by atoms with van der Waals surface area (Å²) in [7, 11) is -1.64. The van der Waals surface area contributed by atoms with E-state index in [1.165, 1.54) is 62.4 Å². The number of benzene rings is 3. The number of nitrogens with zero attached hydrogens (tertiary/aromatic N) is 2. The van der Waals surface area contributed by atoms with E-state index in [1.54, 1.807) is 19.1 Å². The van der Waals surface area contributed by atoms with Gasteiger partial charge in [0, 0.05) is 29.2 Å². The van der Waals surface area contributed by atoms with E-state index in [9.17, 15) is 22.4 Å². The molecule has 13 heteroatoms. The van der Waals surface area contributed by atoms with Crippen molar-refractivity contribution in [3.05, 3.63) is 82.1 Å². The Morgan fingerprint density at radius 1 is 0.976 bits per heavy atom. The number of hydrogen-bond donors (Lipinski definition) is 1. The second kappa shape index (κ2) is 13.9. The van der Waals surface area contributed by atoms with Gasteiger partial charge in [-0.25, -0.2) is 12.8 Å². The minimum atomic E-state index is -4.41. The summed E-state index contributed by atoms with van der Waals surface area (Å²) in [5.41, 5.74) is 0.529. The number of halogens is 3. The third kappa shape index (κ3) is 7.60. The quantitative estimate of drug-likeness (QED) is 0.307. The van der Waals surface area contributed by atoms with E-state index in [1.807, 2.05) is 0 Å². The van der Waals surface area contributed by atoms with E-state index < -0.39 is 40.2 Å². The normalized spacial score (nSPS) is 11.9. The van der Waals surface area contributed by atoms with Crippen molar-refractivity contribution in [2.24, 2.45) is 0 Å². The van der Waals surface area contributed by atoms with E-state index in [-0.39, 0.29) is 27.9 Å². The lowest BCUT2D eigenvalue weighted by atomic mass is 10.1. The molecule has 0 aliphatic carbocycles. The fourth-order valence-electron chi connectivity index (χ4n) is 3.98. The Hall–Kier alpha value is -3.54. The number of nitrogens with one attached hydrogen (secondary N) is 1. The molecule has 1 N–H and O–H groups in total. The second-order valence-electron chi connectivity index (χ2n) is 8.83. The van der Waals surface area contributed by atoms with Crippen molar-refractivity contribution in [2.75, 3.05) is 31.6 Å². The lowest BCUT2D eigenvalue weighted by molar-refractivity contribution is -0.139. The van der Waals surface area contributed by atoms with Gasteiger partial charge in [0.25, 0.3) is 10.0 Å². The SMILES string of the molecule is CCNC(=O)C(C)N(Cc1ccc(Cl)cc1Cl)C(=O)CN(c1ccc(F)cc1)S(=O)(=O)c1ccc(OC)c(OC)c1. The summed E-state index contributed by atoms with van der Waals surface area (Å²) in [5, 5.41) is 3.33. The lowest BCUT2D eigenvalue weighted by Gasteiger charge is -2.32. The van der Waals surface area contributed by atoms with Crippen LogP contribution in [-0.2, 0) is 26.2 Å². The molecule has 1 unspecified atom stereocenters. The molecule has 0 heterocycles. The standard InChI is InChI=1S/C28H30Cl2FN3O6S/c1-5-32-28(36)18(2)33(16-19-6-7-20(29)14-24(19)30)27(35)17-34(22-10-8-21(31)9-11-22)41(37,38)23-12-13-25(39-3)26(15-23)40-4/h6-15,18H,5,16-17H2,1-4H3,(H,32,36). The number of carbonyl (C=O) groups excluding carboxylic acids is 2. The fourth-order valence-corrected chi connectivity index (χ4v) is 5.88. The van der Waals surface area contributed by atoms with E-state index in [4.69, 9.17) is 32.7 Å². The number of methoxy groups -OCH3 is 2. The maximum atomic E-state index is 13.9. The molecule has 3 rings (SSSR count). The Bertz CT molecular complexity index is 1510. The third-order valence-corrected chi connectivity index (χ3v) is 8.57. The number of amides is 2. The fraction of sp³-hybridized carbons (Fsp3) is 0.286. The highest BCUT2D eigenvalue weighted by Crippen LogP contribution is 2.32. The molecule has 9 nitrogen and oxygen atoms in total. The summed E-state index contributed by atoms with van der Waals surface area (Å²) in [6.07, 6.45) is 0. The number of sulfonamides is 1. The molecule has 0 bridgehead atoms. The van der Waals surface area contributed by atoms with Gasteiger partial charge in [0.15, 0.2) is 11.5 Å². The monoisotopic (exact) mass is 625 g/mol. The van der Waals surface area contributed by atoms with Crippen LogP contribution >= 0.6 is 23.2 Å². The average molecular weight is 627 g/mol. The van der Waals surface area contributed by atoms with Crippen molar-refractivity contribution in [1.82, 2.24) is 10.2 Å². The van der Waals surface area contributed by atoms with Crippen molar-refractivity contribution < 1.29 is 31.9 Å². The van der Waals surface area contributed by atoms with Crippen molar-refractivity contribution in [3.8, 4) is 11.5 Å². The van der Waals surface area contributed by atoms with Gasteiger partial charge in [-0.1, -0.05) is 29.3 Å². The molecule has 0 radical (unpaired) electrons. The predicted molar refractivity (Wildman–Crippen MR) is 156 cm³/mol. The number of rotatable bonds is 12. The Kier molecular flexibility index (Phi) is 10.8. The Labute approximate surface area is 248 Å². The van der Waals surface area contributed by atoms with Gasteiger partial charge in [0.1, 0.15) is 18.4 Å². The van der Waals surface area contributed by atoms with Gasteiger partial charge in [-0.3, -0.25) is 13.9 Å². The maximum absolute atomic E-state index is 13.9. The van der Waals surface area contributed by atoms with E-state index in [0.29, 0.717) is 22.9 Å². The summed E-state index contributed by atoms with van der Waals surface area (Å²) < 4.78 is 53.0. The molecule has 3 aromatic rings. The topological polar surface area (TPSA) is 105 Å². The molecular weight excluding hydrogens is 596 g/mol. The zero-order chi connectivity index (χ0) is 30.3. The molecular formula is C28H30Cl2FN3O6S. The van der Waals surface area contributed by atoms with Crippen LogP contribution < -0.4 is 19.1 Å². The highest BCUT2D eigenvalue weighted by molar-refractivity contribution is 7.92. The van der Waals surface area contributed by atoms with Crippen molar-refractivity contribution in [2.45, 2.75) is 31.3 Å². The molecule has 0 saturated heterocycles. The summed E-state index contributed by atoms with van der Waals surface area (Å²) in [6.45, 7) is 2.76. The first-order valence-electron chi connectivity index (χ1n) is 12.4. The second-order valence-corrected chi connectivity index (χ2v) is 11.5. The minimum Gasteiger partial charge on any atom is -0.493 e. The van der Waals surface area contributed by atoms with E-state index >= 15 is 0 Å². The van der Waals surface area contributed by atoms with Gasteiger partial charge in [-0.05, 0) is 67.9 Å². The molecule has 220 valence electrons. The number of ether oxygens (including phenoxy) is 2. The maximum Gasteiger partial charge on any atom is 0.264 e. The smallest absolute Gasteiger partial charge is 0.264 e. The number of anilines is 1. The molecule has 0 spiro atoms. The molecule has 41 heavy (non-hydrogen) atoms. The van der Waals surface area contributed by atoms with Crippen molar-refractivity contribution in [1.29, 1.82) is 0 Å². The number of hydrogen-bond acceptors (Lipinski definition) is 6. The molecule has 0 saturated carbocycles. The van der Waals surface area contributed by atoms with E-state index in [2.05, 4.69) is 5.32 Å². The molecule has 0 fully saturated rings. The molecule has 1 atom stereocenters. The van der Waals surface area contributed by atoms with Crippen molar-refractivity contribution >= 4 is 50.7 Å². The molecule has 2 amide bonds. The summed E-state index contributed by atoms with van der Waals surface area (Å²) in [6, 6.07) is 12.4. The first kappa shape index (κ1) is 32.0. The van der Waals surface area contributed by atoms with Gasteiger partial charge in [-0.2, -0.15) is 0 Å². The molecule has 3 aromatic carbocycles. The highest BCUT2D eigenvalue weighted by atomic mass is 35.5. The van der Waals surface area contributed by atoms with Crippen LogP contribution in [0.5, 0.6) is 11.5 Å². The largest absolute Gasteiger partial charge is 0.493 e. The van der Waals surface area contributed by atoms with Crippen LogP contribution in [0.2, 0.25) is 10.0 Å². The van der Waals surface area contributed by atoms with Crippen LogP contribution in [0.15, 0.2) is 65.6 Å². The molecule has 0 aliphatic heterocycles. The van der Waals surface area contributed by atoms with Gasteiger partial charge < -0.3 is 19.7 Å². The first-order chi connectivity index (χ1) is 19.4. The van der Waals surface area contributed by atoms with Crippen LogP contribution in [0.1, 0.15) is 19.4 Å². The molecule has 0 aliphatic rings. The average Bonchev–Trinajstić information content (AvgIpc) is 2.95. The predicted octanol–water partition coefficient (Wildman–Crippen LogP) is 4.90. The highest BCUT2D eigenvalue weighted by Gasteiger charge is 2.33. The first-order valence-corrected chi connectivity index (χ1v) is 14.6. The Morgan fingerprint density at radius 3 is 2.22 bits per heavy atom. The summed E-state index contributed by atoms with van der Waals surface area (Å²) in [4.78, 5) is 27.7. The Balaban J connectivity index is 2.08. The van der Waals surface area contributed by atoms with Gasteiger partial charge in [0.05, 0.1) is 24.8 Å². The molecule has 0 aromatic heterocycles. The van der Waals surface area contributed by atoms with Gasteiger partial charge in [0.2, 0.25) is 11.8 Å². The van der Waals surface area contributed by atoms with E-state index in [0.717, 1.165) is 16.4 Å². The van der Waals surface area contributed by atoms with Gasteiger partial charge >= 0.3 is 0 Å². The van der Waals surface area contributed by atoms with Crippen molar-refractivity contribution in [3.63, 3.8) is 0 Å². The van der Waals surface area contributed by atoms with Crippen LogP contribution in [0.25, 0.3) is 0 Å². The number of carbonyl (C=O) groups is 2.